The van der Waals surface area contributed by atoms with Gasteiger partial charge in [0.05, 0.1) is 0 Å². The van der Waals surface area contributed by atoms with Crippen molar-refractivity contribution in [2.45, 2.75) is 25.8 Å². The third-order valence-electron chi connectivity index (χ3n) is 2.86. The van der Waals surface area contributed by atoms with Crippen molar-refractivity contribution in [2.24, 2.45) is 0 Å². The predicted octanol–water partition coefficient (Wildman–Crippen LogP) is 0.949. The number of carbonyl (C=O) groups is 2. The first-order chi connectivity index (χ1) is 8.08. The Labute approximate surface area is 99.8 Å². The van der Waals surface area contributed by atoms with Crippen LogP contribution in [-0.2, 0) is 9.59 Å². The van der Waals surface area contributed by atoms with Crippen molar-refractivity contribution >= 4 is 17.6 Å². The smallest absolute Gasteiger partial charge is 0.251 e. The molecule has 2 rings (SSSR count). The van der Waals surface area contributed by atoms with Gasteiger partial charge in [0, 0.05) is 19.2 Å². The number of carbonyl (C=O) groups excluding carboxylic acids is 2. The number of amides is 2. The van der Waals surface area contributed by atoms with Gasteiger partial charge in [0.25, 0.3) is 5.91 Å². The van der Waals surface area contributed by atoms with Crippen LogP contribution in [-0.4, -0.2) is 34.8 Å². The number of rotatable bonds is 2. The van der Waals surface area contributed by atoms with Gasteiger partial charge in [0.1, 0.15) is 11.9 Å². The molecule has 0 aromatic carbocycles. The Balaban J connectivity index is 2.09. The number of pyridine rings is 1. The molecule has 0 spiro atoms. The summed E-state index contributed by atoms with van der Waals surface area (Å²) in [6, 6.07) is 5.24. The fraction of sp³-hybridized carbons (Fsp3) is 0.417. The largest absolute Gasteiger partial charge is 0.358 e. The van der Waals surface area contributed by atoms with Crippen molar-refractivity contribution in [2.75, 3.05) is 12.4 Å². The third kappa shape index (κ3) is 2.43. The molecule has 1 fully saturated rings. The predicted molar refractivity (Wildman–Crippen MR) is 63.4 cm³/mol. The zero-order valence-corrected chi connectivity index (χ0v) is 9.93. The lowest BCUT2D eigenvalue weighted by molar-refractivity contribution is -0.146. The average Bonchev–Trinajstić information content (AvgIpc) is 2.30. The molecule has 0 aliphatic carbocycles. The van der Waals surface area contributed by atoms with E-state index in [4.69, 9.17) is 0 Å². The zero-order valence-electron chi connectivity index (χ0n) is 9.93. The number of imide groups is 1. The molecule has 1 saturated heterocycles. The van der Waals surface area contributed by atoms with Gasteiger partial charge in [-0.1, -0.05) is 6.07 Å². The summed E-state index contributed by atoms with van der Waals surface area (Å²) in [5.41, 5.74) is 0.891. The van der Waals surface area contributed by atoms with E-state index >= 15 is 0 Å². The molecular formula is C12H15N3O2. The number of likely N-dealkylation sites (tertiary alicyclic amines) is 1. The number of likely N-dealkylation sites (N-methyl/N-ethyl adjacent to an activating group) is 1. The van der Waals surface area contributed by atoms with Crippen LogP contribution in [0.2, 0.25) is 0 Å². The number of nitrogens with one attached hydrogen (secondary N) is 1. The number of hydrogen-bond acceptors (Lipinski definition) is 4. The summed E-state index contributed by atoms with van der Waals surface area (Å²) >= 11 is 0. The Hall–Kier alpha value is -1.91. The summed E-state index contributed by atoms with van der Waals surface area (Å²) in [6.07, 6.45) is 0.920. The monoisotopic (exact) mass is 233 g/mol. The van der Waals surface area contributed by atoms with Gasteiger partial charge in [0.2, 0.25) is 5.91 Å². The maximum atomic E-state index is 11.8. The second-order valence-electron chi connectivity index (χ2n) is 4.19. The van der Waals surface area contributed by atoms with Crippen molar-refractivity contribution < 1.29 is 9.59 Å². The molecule has 1 aromatic rings. The highest BCUT2D eigenvalue weighted by atomic mass is 16.2. The van der Waals surface area contributed by atoms with Crippen LogP contribution in [0, 0.1) is 6.92 Å². The standard InChI is InChI=1S/C12H15N3O2/c1-8-4-3-5-10(13-8)14-9-6-7-11(16)15(2)12(9)17/h3-5,9H,6-7H2,1-2H3,(H,13,14). The topological polar surface area (TPSA) is 62.3 Å². The van der Waals surface area contributed by atoms with Crippen LogP contribution in [0.5, 0.6) is 0 Å². The van der Waals surface area contributed by atoms with Crippen LogP contribution in [0.1, 0.15) is 18.5 Å². The number of anilines is 1. The molecule has 5 nitrogen and oxygen atoms in total. The molecule has 17 heavy (non-hydrogen) atoms. The van der Waals surface area contributed by atoms with Crippen LogP contribution in [0.4, 0.5) is 5.82 Å². The van der Waals surface area contributed by atoms with E-state index in [1.165, 1.54) is 11.9 Å². The van der Waals surface area contributed by atoms with E-state index in [0.717, 1.165) is 5.69 Å². The lowest BCUT2D eigenvalue weighted by Crippen LogP contribution is -2.48. The summed E-state index contributed by atoms with van der Waals surface area (Å²) in [6.45, 7) is 1.89. The van der Waals surface area contributed by atoms with Gasteiger partial charge in [-0.25, -0.2) is 4.98 Å². The van der Waals surface area contributed by atoms with E-state index in [2.05, 4.69) is 10.3 Å². The minimum absolute atomic E-state index is 0.120. The Morgan fingerprint density at radius 2 is 2.18 bits per heavy atom. The van der Waals surface area contributed by atoms with Crippen LogP contribution < -0.4 is 5.32 Å². The molecule has 0 radical (unpaired) electrons. The quantitative estimate of drug-likeness (QED) is 0.772. The lowest BCUT2D eigenvalue weighted by Gasteiger charge is -2.28. The first-order valence-electron chi connectivity index (χ1n) is 5.58. The molecule has 1 unspecified atom stereocenters. The number of piperidine rings is 1. The maximum absolute atomic E-state index is 11.8. The molecule has 1 aliphatic rings. The van der Waals surface area contributed by atoms with Crippen LogP contribution in [0.15, 0.2) is 18.2 Å². The van der Waals surface area contributed by atoms with E-state index in [0.29, 0.717) is 18.7 Å². The minimum Gasteiger partial charge on any atom is -0.358 e. The summed E-state index contributed by atoms with van der Waals surface area (Å²) in [4.78, 5) is 28.6. The van der Waals surface area contributed by atoms with Gasteiger partial charge in [-0.2, -0.15) is 0 Å². The van der Waals surface area contributed by atoms with Crippen LogP contribution >= 0.6 is 0 Å². The molecular weight excluding hydrogens is 218 g/mol. The van der Waals surface area contributed by atoms with Gasteiger partial charge >= 0.3 is 0 Å². The van der Waals surface area contributed by atoms with Crippen molar-refractivity contribution in [3.63, 3.8) is 0 Å². The maximum Gasteiger partial charge on any atom is 0.251 e. The van der Waals surface area contributed by atoms with Crippen molar-refractivity contribution in [1.29, 1.82) is 0 Å². The molecule has 1 atom stereocenters. The van der Waals surface area contributed by atoms with Gasteiger partial charge in [-0.15, -0.1) is 0 Å². The highest BCUT2D eigenvalue weighted by Crippen LogP contribution is 2.16. The highest BCUT2D eigenvalue weighted by Gasteiger charge is 2.31. The molecule has 1 aromatic heterocycles. The summed E-state index contributed by atoms with van der Waals surface area (Å²) in [5.74, 6) is 0.362. The third-order valence-corrected chi connectivity index (χ3v) is 2.86. The van der Waals surface area contributed by atoms with Crippen LogP contribution in [0.3, 0.4) is 0 Å². The number of nitrogens with zero attached hydrogens (tertiary/aromatic N) is 2. The average molecular weight is 233 g/mol. The molecule has 2 heterocycles. The van der Waals surface area contributed by atoms with E-state index in [1.54, 1.807) is 0 Å². The molecule has 90 valence electrons. The van der Waals surface area contributed by atoms with E-state index in [-0.39, 0.29) is 17.9 Å². The SMILES string of the molecule is Cc1cccc(NC2CCC(=O)N(C)C2=O)n1. The number of hydrogen-bond donors (Lipinski definition) is 1. The van der Waals surface area contributed by atoms with Gasteiger partial charge in [0.15, 0.2) is 0 Å². The van der Waals surface area contributed by atoms with E-state index in [1.807, 2.05) is 25.1 Å². The van der Waals surface area contributed by atoms with Crippen molar-refractivity contribution in [3.8, 4) is 0 Å². The molecule has 2 amide bonds. The van der Waals surface area contributed by atoms with Gasteiger partial charge < -0.3 is 5.32 Å². The molecule has 1 aliphatic heterocycles. The Morgan fingerprint density at radius 1 is 1.41 bits per heavy atom. The normalized spacial score (nSPS) is 20.6. The Morgan fingerprint density at radius 3 is 2.88 bits per heavy atom. The first kappa shape index (κ1) is 11.6. The Kier molecular flexibility index (Phi) is 3.08. The number of aromatic nitrogens is 1. The fourth-order valence-electron chi connectivity index (χ4n) is 1.85. The second-order valence-corrected chi connectivity index (χ2v) is 4.19. The Bertz CT molecular complexity index is 459. The number of aryl methyl sites for hydroxylation is 1. The molecule has 0 saturated carbocycles. The summed E-state index contributed by atoms with van der Waals surface area (Å²) in [7, 11) is 1.52. The van der Waals surface area contributed by atoms with E-state index < -0.39 is 0 Å². The second kappa shape index (κ2) is 4.53. The minimum atomic E-state index is -0.355. The fourth-order valence-corrected chi connectivity index (χ4v) is 1.85. The lowest BCUT2D eigenvalue weighted by atomic mass is 10.0. The molecule has 0 bridgehead atoms. The highest BCUT2D eigenvalue weighted by molar-refractivity contribution is 6.01. The van der Waals surface area contributed by atoms with E-state index in [9.17, 15) is 9.59 Å². The molecule has 5 heteroatoms. The first-order valence-corrected chi connectivity index (χ1v) is 5.58. The summed E-state index contributed by atoms with van der Waals surface area (Å²) in [5, 5.41) is 3.07. The van der Waals surface area contributed by atoms with Crippen LogP contribution in [0.25, 0.3) is 0 Å². The van der Waals surface area contributed by atoms with Gasteiger partial charge in [-0.3, -0.25) is 14.5 Å². The van der Waals surface area contributed by atoms with Crippen molar-refractivity contribution in [1.82, 2.24) is 9.88 Å². The zero-order chi connectivity index (χ0) is 12.4. The molecule has 1 N–H and O–H groups in total. The summed E-state index contributed by atoms with van der Waals surface area (Å²) < 4.78 is 0. The van der Waals surface area contributed by atoms with Crippen molar-refractivity contribution in [3.05, 3.63) is 23.9 Å². The van der Waals surface area contributed by atoms with Gasteiger partial charge in [-0.05, 0) is 25.5 Å².